The van der Waals surface area contributed by atoms with E-state index in [-0.39, 0.29) is 0 Å². The molecule has 0 bridgehead atoms. The summed E-state index contributed by atoms with van der Waals surface area (Å²) in [6.07, 6.45) is 0. The molecular formula is C38H27N. The van der Waals surface area contributed by atoms with Crippen LogP contribution in [0.1, 0.15) is 0 Å². The molecule has 0 unspecified atom stereocenters. The Morgan fingerprint density at radius 2 is 0.744 bits per heavy atom. The third-order valence-corrected chi connectivity index (χ3v) is 7.45. The van der Waals surface area contributed by atoms with E-state index in [1.807, 2.05) is 0 Å². The molecule has 1 nitrogen and oxygen atoms in total. The Kier molecular flexibility index (Phi) is 5.88. The fraction of sp³-hybridized carbons (Fsp3) is 0. The fourth-order valence-corrected chi connectivity index (χ4v) is 5.51. The van der Waals surface area contributed by atoms with Crippen LogP contribution >= 0.6 is 0 Å². The average molecular weight is 498 g/mol. The van der Waals surface area contributed by atoms with Gasteiger partial charge in [-0.05, 0) is 68.7 Å². The van der Waals surface area contributed by atoms with E-state index >= 15 is 0 Å². The van der Waals surface area contributed by atoms with Crippen LogP contribution in [-0.2, 0) is 0 Å². The summed E-state index contributed by atoms with van der Waals surface area (Å²) in [4.78, 5) is 2.37. The zero-order chi connectivity index (χ0) is 26.0. The van der Waals surface area contributed by atoms with E-state index in [0.29, 0.717) is 0 Å². The van der Waals surface area contributed by atoms with Crippen LogP contribution in [0, 0.1) is 0 Å². The molecule has 0 saturated carbocycles. The molecule has 1 heteroatoms. The molecule has 0 aliphatic rings. The van der Waals surface area contributed by atoms with Crippen molar-refractivity contribution in [3.8, 4) is 22.3 Å². The zero-order valence-electron chi connectivity index (χ0n) is 21.5. The van der Waals surface area contributed by atoms with Gasteiger partial charge in [-0.3, -0.25) is 0 Å². The van der Waals surface area contributed by atoms with Gasteiger partial charge in [0.15, 0.2) is 0 Å². The normalized spacial score (nSPS) is 11.1. The molecule has 0 radical (unpaired) electrons. The summed E-state index contributed by atoms with van der Waals surface area (Å²) in [5.41, 5.74) is 8.33. The van der Waals surface area contributed by atoms with Gasteiger partial charge in [-0.15, -0.1) is 0 Å². The number of anilines is 3. The number of benzene rings is 7. The van der Waals surface area contributed by atoms with Gasteiger partial charge in [0.25, 0.3) is 0 Å². The van der Waals surface area contributed by atoms with E-state index in [0.717, 1.165) is 11.4 Å². The van der Waals surface area contributed by atoms with Crippen LogP contribution in [0.25, 0.3) is 43.8 Å². The number of hydrogen-bond donors (Lipinski definition) is 0. The van der Waals surface area contributed by atoms with Crippen LogP contribution in [0.3, 0.4) is 0 Å². The lowest BCUT2D eigenvalue weighted by atomic mass is 9.98. The topological polar surface area (TPSA) is 3.24 Å². The van der Waals surface area contributed by atoms with E-state index in [1.165, 1.54) is 49.5 Å². The zero-order valence-corrected chi connectivity index (χ0v) is 21.5. The largest absolute Gasteiger partial charge is 0.310 e. The Bertz CT molecular complexity index is 1870. The Morgan fingerprint density at radius 3 is 1.38 bits per heavy atom. The lowest BCUT2D eigenvalue weighted by molar-refractivity contribution is 1.30. The molecule has 7 aromatic carbocycles. The molecule has 7 rings (SSSR count). The second-order valence-corrected chi connectivity index (χ2v) is 9.82. The highest BCUT2D eigenvalue weighted by Crippen LogP contribution is 2.42. The first-order chi connectivity index (χ1) is 19.3. The van der Waals surface area contributed by atoms with Gasteiger partial charge >= 0.3 is 0 Å². The Morgan fingerprint density at radius 1 is 0.308 bits per heavy atom. The van der Waals surface area contributed by atoms with Crippen molar-refractivity contribution >= 4 is 38.6 Å². The molecule has 0 aromatic heterocycles. The van der Waals surface area contributed by atoms with E-state index in [4.69, 9.17) is 0 Å². The van der Waals surface area contributed by atoms with Crippen molar-refractivity contribution in [1.29, 1.82) is 0 Å². The molecule has 0 aliphatic carbocycles. The molecular weight excluding hydrogens is 470 g/mol. The van der Waals surface area contributed by atoms with Crippen molar-refractivity contribution in [2.45, 2.75) is 0 Å². The summed E-state index contributed by atoms with van der Waals surface area (Å²) < 4.78 is 0. The first kappa shape index (κ1) is 23.0. The minimum absolute atomic E-state index is 1.13. The van der Waals surface area contributed by atoms with Crippen molar-refractivity contribution < 1.29 is 0 Å². The third-order valence-electron chi connectivity index (χ3n) is 7.45. The number of hydrogen-bond acceptors (Lipinski definition) is 1. The SMILES string of the molecule is c1ccc(-c2ccc(-c3ccc(N(c4ccccc4)c4cc5ccccc5c5ccccc45)cc3)cc2)cc1. The third kappa shape index (κ3) is 4.35. The van der Waals surface area contributed by atoms with Crippen molar-refractivity contribution in [2.75, 3.05) is 4.90 Å². The molecule has 0 heterocycles. The summed E-state index contributed by atoms with van der Waals surface area (Å²) in [6, 6.07) is 58.6. The maximum atomic E-state index is 2.37. The lowest BCUT2D eigenvalue weighted by Gasteiger charge is -2.27. The number of fused-ring (bicyclic) bond motifs is 3. The van der Waals surface area contributed by atoms with Gasteiger partial charge in [-0.2, -0.15) is 0 Å². The highest BCUT2D eigenvalue weighted by Gasteiger charge is 2.17. The van der Waals surface area contributed by atoms with Gasteiger partial charge in [0.1, 0.15) is 0 Å². The lowest BCUT2D eigenvalue weighted by Crippen LogP contribution is -2.10. The fourth-order valence-electron chi connectivity index (χ4n) is 5.51. The maximum absolute atomic E-state index is 2.37. The van der Waals surface area contributed by atoms with E-state index in [1.54, 1.807) is 0 Å². The first-order valence-corrected chi connectivity index (χ1v) is 13.4. The minimum atomic E-state index is 1.13. The summed E-state index contributed by atoms with van der Waals surface area (Å²) in [5.74, 6) is 0. The van der Waals surface area contributed by atoms with Gasteiger partial charge < -0.3 is 4.90 Å². The summed E-state index contributed by atoms with van der Waals surface area (Å²) >= 11 is 0. The molecule has 0 amide bonds. The van der Waals surface area contributed by atoms with Gasteiger partial charge in [0, 0.05) is 16.8 Å². The molecule has 0 N–H and O–H groups in total. The Labute approximate surface area is 229 Å². The predicted octanol–water partition coefficient (Wildman–Crippen LogP) is 10.8. The van der Waals surface area contributed by atoms with Gasteiger partial charge in [-0.25, -0.2) is 0 Å². The van der Waals surface area contributed by atoms with Crippen LogP contribution in [0.2, 0.25) is 0 Å². The number of para-hydroxylation sites is 1. The second kappa shape index (κ2) is 9.96. The smallest absolute Gasteiger partial charge is 0.0546 e. The highest BCUT2D eigenvalue weighted by molar-refractivity contribution is 6.14. The van der Waals surface area contributed by atoms with Gasteiger partial charge in [0.05, 0.1) is 5.69 Å². The summed E-state index contributed by atoms with van der Waals surface area (Å²) in [5, 5.41) is 5.02. The molecule has 0 aliphatic heterocycles. The molecule has 0 spiro atoms. The monoisotopic (exact) mass is 497 g/mol. The van der Waals surface area contributed by atoms with E-state index in [2.05, 4.69) is 169 Å². The average Bonchev–Trinajstić information content (AvgIpc) is 3.03. The van der Waals surface area contributed by atoms with Crippen molar-refractivity contribution in [2.24, 2.45) is 0 Å². The molecule has 184 valence electrons. The van der Waals surface area contributed by atoms with Gasteiger partial charge in [0.2, 0.25) is 0 Å². The molecule has 0 saturated heterocycles. The van der Waals surface area contributed by atoms with Crippen LogP contribution in [-0.4, -0.2) is 0 Å². The molecule has 0 fully saturated rings. The number of rotatable bonds is 5. The first-order valence-electron chi connectivity index (χ1n) is 13.4. The minimum Gasteiger partial charge on any atom is -0.310 e. The highest BCUT2D eigenvalue weighted by atomic mass is 15.1. The quantitative estimate of drug-likeness (QED) is 0.214. The van der Waals surface area contributed by atoms with E-state index < -0.39 is 0 Å². The van der Waals surface area contributed by atoms with Crippen molar-refractivity contribution in [3.63, 3.8) is 0 Å². The van der Waals surface area contributed by atoms with Crippen molar-refractivity contribution in [1.82, 2.24) is 0 Å². The maximum Gasteiger partial charge on any atom is 0.0546 e. The molecule has 0 atom stereocenters. The van der Waals surface area contributed by atoms with Gasteiger partial charge in [-0.1, -0.05) is 133 Å². The number of nitrogens with zero attached hydrogens (tertiary/aromatic N) is 1. The molecule has 7 aromatic rings. The standard InChI is InChI=1S/C38H27N/c1-3-11-28(12-4-1)29-19-21-30(22-20-29)31-23-25-34(26-24-31)39(33-14-5-2-6-15-33)38-27-32-13-7-8-16-35(32)36-17-9-10-18-37(36)38/h1-27H. The second-order valence-electron chi connectivity index (χ2n) is 9.82. The van der Waals surface area contributed by atoms with Crippen LogP contribution < -0.4 is 4.90 Å². The van der Waals surface area contributed by atoms with Crippen LogP contribution in [0.4, 0.5) is 17.1 Å². The molecule has 39 heavy (non-hydrogen) atoms. The van der Waals surface area contributed by atoms with Crippen LogP contribution in [0.5, 0.6) is 0 Å². The summed E-state index contributed by atoms with van der Waals surface area (Å²) in [6.45, 7) is 0. The van der Waals surface area contributed by atoms with Crippen molar-refractivity contribution in [3.05, 3.63) is 164 Å². The Balaban J connectivity index is 1.33. The Hall–Kier alpha value is -5.14. The van der Waals surface area contributed by atoms with Crippen LogP contribution in [0.15, 0.2) is 164 Å². The summed E-state index contributed by atoms with van der Waals surface area (Å²) in [7, 11) is 0. The predicted molar refractivity (Wildman–Crippen MR) is 167 cm³/mol. The van der Waals surface area contributed by atoms with E-state index in [9.17, 15) is 0 Å².